The number of rotatable bonds is 4. The van der Waals surface area contributed by atoms with Crippen molar-refractivity contribution in [1.82, 2.24) is 20.0 Å². The molecule has 6 heteroatoms. The largest absolute Gasteiger partial charge is 0.464 e. The first-order chi connectivity index (χ1) is 11.6. The Morgan fingerprint density at radius 3 is 2.79 bits per heavy atom. The summed E-state index contributed by atoms with van der Waals surface area (Å²) in [5.41, 5.74) is 3.08. The molecule has 0 bridgehead atoms. The van der Waals surface area contributed by atoms with Gasteiger partial charge in [0.15, 0.2) is 5.96 Å². The van der Waals surface area contributed by atoms with Crippen molar-refractivity contribution in [2.45, 2.75) is 33.4 Å². The number of furan rings is 1. The van der Waals surface area contributed by atoms with Gasteiger partial charge in [-0.2, -0.15) is 0 Å². The molecule has 0 saturated heterocycles. The highest BCUT2D eigenvalue weighted by atomic mass is 16.3. The maximum Gasteiger partial charge on any atom is 0.191 e. The molecule has 1 atom stereocenters. The third-order valence-electron chi connectivity index (χ3n) is 3.95. The van der Waals surface area contributed by atoms with Crippen molar-refractivity contribution >= 4 is 11.6 Å². The van der Waals surface area contributed by atoms with E-state index in [1.807, 2.05) is 44.3 Å². The van der Waals surface area contributed by atoms with Crippen molar-refractivity contribution in [3.63, 3.8) is 0 Å². The summed E-state index contributed by atoms with van der Waals surface area (Å²) < 4.78 is 7.73. The Labute approximate surface area is 141 Å². The molecule has 0 amide bonds. The Bertz CT molecular complexity index is 861. The van der Waals surface area contributed by atoms with Gasteiger partial charge in [-0.25, -0.2) is 4.98 Å². The van der Waals surface area contributed by atoms with Gasteiger partial charge in [0.2, 0.25) is 0 Å². The van der Waals surface area contributed by atoms with Gasteiger partial charge in [-0.15, -0.1) is 0 Å². The van der Waals surface area contributed by atoms with Crippen molar-refractivity contribution in [3.05, 3.63) is 59.4 Å². The van der Waals surface area contributed by atoms with E-state index in [9.17, 15) is 0 Å². The smallest absolute Gasteiger partial charge is 0.191 e. The molecule has 0 aliphatic rings. The Balaban J connectivity index is 1.64. The number of imidazole rings is 1. The standard InChI is InChI=1S/C18H23N5O/c1-12-6-5-7-17-22-15(11-23(12)17)10-20-18(19-4)21-14(3)16-9-8-13(2)24-16/h5-9,11,14H,10H2,1-4H3,(H2,19,20,21). The lowest BCUT2D eigenvalue weighted by atomic mass is 10.2. The predicted molar refractivity (Wildman–Crippen MR) is 95.1 cm³/mol. The predicted octanol–water partition coefficient (Wildman–Crippen LogP) is 2.97. The third-order valence-corrected chi connectivity index (χ3v) is 3.95. The molecular weight excluding hydrogens is 302 g/mol. The van der Waals surface area contributed by atoms with Crippen LogP contribution >= 0.6 is 0 Å². The lowest BCUT2D eigenvalue weighted by molar-refractivity contribution is 0.441. The van der Waals surface area contributed by atoms with Crippen LogP contribution in [0.25, 0.3) is 5.65 Å². The van der Waals surface area contributed by atoms with Crippen molar-refractivity contribution < 1.29 is 4.42 Å². The van der Waals surface area contributed by atoms with E-state index in [1.54, 1.807) is 7.05 Å². The van der Waals surface area contributed by atoms with Crippen LogP contribution in [0.2, 0.25) is 0 Å². The van der Waals surface area contributed by atoms with Crippen LogP contribution < -0.4 is 10.6 Å². The van der Waals surface area contributed by atoms with Gasteiger partial charge in [-0.05, 0) is 45.0 Å². The van der Waals surface area contributed by atoms with E-state index < -0.39 is 0 Å². The van der Waals surface area contributed by atoms with E-state index >= 15 is 0 Å². The van der Waals surface area contributed by atoms with Crippen LogP contribution in [-0.4, -0.2) is 22.4 Å². The summed E-state index contributed by atoms with van der Waals surface area (Å²) in [4.78, 5) is 8.88. The molecule has 3 aromatic rings. The monoisotopic (exact) mass is 325 g/mol. The lowest BCUT2D eigenvalue weighted by Gasteiger charge is -2.15. The SMILES string of the molecule is CN=C(NCc1cn2c(C)cccc2n1)NC(C)c1ccc(C)o1. The molecule has 3 heterocycles. The second-order valence-corrected chi connectivity index (χ2v) is 5.87. The van der Waals surface area contributed by atoms with E-state index in [2.05, 4.69) is 38.0 Å². The summed E-state index contributed by atoms with van der Waals surface area (Å²) in [6.07, 6.45) is 2.05. The molecule has 0 radical (unpaired) electrons. The zero-order valence-electron chi connectivity index (χ0n) is 14.5. The molecule has 1 unspecified atom stereocenters. The van der Waals surface area contributed by atoms with E-state index in [-0.39, 0.29) is 6.04 Å². The summed E-state index contributed by atoms with van der Waals surface area (Å²) >= 11 is 0. The van der Waals surface area contributed by atoms with Crippen molar-refractivity contribution in [2.24, 2.45) is 4.99 Å². The Kier molecular flexibility index (Phi) is 4.55. The molecule has 126 valence electrons. The second-order valence-electron chi connectivity index (χ2n) is 5.87. The molecule has 0 aliphatic heterocycles. The molecule has 24 heavy (non-hydrogen) atoms. The van der Waals surface area contributed by atoms with Gasteiger partial charge in [0, 0.05) is 18.9 Å². The zero-order valence-corrected chi connectivity index (χ0v) is 14.5. The van der Waals surface area contributed by atoms with Crippen LogP contribution in [0.4, 0.5) is 0 Å². The van der Waals surface area contributed by atoms with Crippen LogP contribution in [0.3, 0.4) is 0 Å². The molecule has 0 aromatic carbocycles. The van der Waals surface area contributed by atoms with Crippen molar-refractivity contribution in [3.8, 4) is 0 Å². The summed E-state index contributed by atoms with van der Waals surface area (Å²) in [6, 6.07) is 10.1. The van der Waals surface area contributed by atoms with Crippen molar-refractivity contribution in [1.29, 1.82) is 0 Å². The number of pyridine rings is 1. The molecule has 3 rings (SSSR count). The normalized spacial score (nSPS) is 13.2. The zero-order chi connectivity index (χ0) is 17.1. The van der Waals surface area contributed by atoms with Crippen LogP contribution in [-0.2, 0) is 6.54 Å². The van der Waals surface area contributed by atoms with Gasteiger partial charge in [-0.3, -0.25) is 4.99 Å². The maximum absolute atomic E-state index is 5.65. The maximum atomic E-state index is 5.65. The minimum atomic E-state index is 0.0354. The van der Waals surface area contributed by atoms with Crippen molar-refractivity contribution in [2.75, 3.05) is 7.05 Å². The number of aryl methyl sites for hydroxylation is 2. The topological polar surface area (TPSA) is 66.9 Å². The van der Waals surface area contributed by atoms with Gasteiger partial charge in [0.25, 0.3) is 0 Å². The fraction of sp³-hybridized carbons (Fsp3) is 0.333. The van der Waals surface area contributed by atoms with Gasteiger partial charge in [0.1, 0.15) is 17.2 Å². The van der Waals surface area contributed by atoms with Crippen LogP contribution in [0.1, 0.15) is 35.9 Å². The Morgan fingerprint density at radius 1 is 1.29 bits per heavy atom. The molecule has 0 fully saturated rings. The highest BCUT2D eigenvalue weighted by Gasteiger charge is 2.11. The highest BCUT2D eigenvalue weighted by molar-refractivity contribution is 5.80. The van der Waals surface area contributed by atoms with E-state index in [0.29, 0.717) is 12.5 Å². The molecule has 0 spiro atoms. The molecule has 2 N–H and O–H groups in total. The number of nitrogens with zero attached hydrogens (tertiary/aromatic N) is 3. The van der Waals surface area contributed by atoms with Crippen LogP contribution in [0, 0.1) is 13.8 Å². The molecule has 3 aromatic heterocycles. The minimum Gasteiger partial charge on any atom is -0.464 e. The van der Waals surface area contributed by atoms with Gasteiger partial charge in [0.05, 0.1) is 18.3 Å². The average molecular weight is 325 g/mol. The first kappa shape index (κ1) is 16.1. The number of hydrogen-bond donors (Lipinski definition) is 2. The number of nitrogens with one attached hydrogen (secondary N) is 2. The van der Waals surface area contributed by atoms with Crippen LogP contribution in [0.15, 0.2) is 45.9 Å². The fourth-order valence-corrected chi connectivity index (χ4v) is 2.62. The fourth-order valence-electron chi connectivity index (χ4n) is 2.62. The first-order valence-corrected chi connectivity index (χ1v) is 8.04. The molecule has 0 aliphatic carbocycles. The first-order valence-electron chi connectivity index (χ1n) is 8.04. The Hall–Kier alpha value is -2.76. The molecular formula is C18H23N5O. The number of aromatic nitrogens is 2. The number of aliphatic imine (C=N–C) groups is 1. The number of hydrogen-bond acceptors (Lipinski definition) is 3. The van der Waals surface area contributed by atoms with E-state index in [0.717, 1.165) is 28.6 Å². The average Bonchev–Trinajstić information content (AvgIpc) is 3.18. The molecule has 6 nitrogen and oxygen atoms in total. The van der Waals surface area contributed by atoms with Gasteiger partial charge >= 0.3 is 0 Å². The van der Waals surface area contributed by atoms with Gasteiger partial charge in [-0.1, -0.05) is 6.07 Å². The summed E-state index contributed by atoms with van der Waals surface area (Å²) in [5, 5.41) is 6.62. The number of fused-ring (bicyclic) bond motifs is 1. The summed E-state index contributed by atoms with van der Waals surface area (Å²) in [5.74, 6) is 2.51. The van der Waals surface area contributed by atoms with E-state index in [1.165, 1.54) is 0 Å². The minimum absolute atomic E-state index is 0.0354. The molecule has 0 saturated carbocycles. The van der Waals surface area contributed by atoms with Crippen LogP contribution in [0.5, 0.6) is 0 Å². The lowest BCUT2D eigenvalue weighted by Crippen LogP contribution is -2.38. The van der Waals surface area contributed by atoms with E-state index in [4.69, 9.17) is 4.42 Å². The second kappa shape index (κ2) is 6.78. The number of guanidine groups is 1. The summed E-state index contributed by atoms with van der Waals surface area (Å²) in [6.45, 7) is 6.65. The third kappa shape index (κ3) is 3.42. The summed E-state index contributed by atoms with van der Waals surface area (Å²) in [7, 11) is 1.75. The quantitative estimate of drug-likeness (QED) is 0.572. The Morgan fingerprint density at radius 2 is 2.12 bits per heavy atom. The van der Waals surface area contributed by atoms with Gasteiger partial charge < -0.3 is 19.5 Å². The highest BCUT2D eigenvalue weighted by Crippen LogP contribution is 2.15.